The Labute approximate surface area is 153 Å². The first-order valence-corrected chi connectivity index (χ1v) is 9.39. The Hall–Kier alpha value is -2.39. The van der Waals surface area contributed by atoms with E-state index in [1.807, 2.05) is 36.1 Å². The molecule has 1 aromatic heterocycles. The van der Waals surface area contributed by atoms with Crippen molar-refractivity contribution >= 4 is 22.9 Å². The minimum Gasteiger partial charge on any atom is -0.305 e. The minimum absolute atomic E-state index is 0.0450. The van der Waals surface area contributed by atoms with Gasteiger partial charge in [0.1, 0.15) is 0 Å². The predicted molar refractivity (Wildman–Crippen MR) is 108 cm³/mol. The van der Waals surface area contributed by atoms with E-state index in [0.29, 0.717) is 0 Å². The molecule has 0 saturated heterocycles. The molecule has 0 bridgehead atoms. The summed E-state index contributed by atoms with van der Waals surface area (Å²) in [6.45, 7) is 8.23. The molecule has 0 unspecified atom stereocenters. The van der Waals surface area contributed by atoms with Crippen LogP contribution < -0.4 is 4.90 Å². The third kappa shape index (κ3) is 3.83. The molecule has 0 radical (unpaired) electrons. The number of hydrogen-bond donors (Lipinski definition) is 0. The molecule has 0 saturated carbocycles. The van der Waals surface area contributed by atoms with Crippen LogP contribution in [-0.4, -0.2) is 11.9 Å². The molecule has 0 aliphatic heterocycles. The predicted octanol–water partition coefficient (Wildman–Crippen LogP) is 6.09. The topological polar surface area (TPSA) is 20.3 Å². The smallest absolute Gasteiger partial charge is 0.258 e. The average Bonchev–Trinajstić information content (AvgIpc) is 3.05. The fourth-order valence-corrected chi connectivity index (χ4v) is 3.77. The molecule has 25 heavy (non-hydrogen) atoms. The maximum absolute atomic E-state index is 13.0. The van der Waals surface area contributed by atoms with E-state index in [1.165, 1.54) is 16.0 Å². The summed E-state index contributed by atoms with van der Waals surface area (Å²) >= 11 is 1.68. The van der Waals surface area contributed by atoms with Gasteiger partial charge in [-0.05, 0) is 51.5 Å². The Balaban J connectivity index is 1.94. The van der Waals surface area contributed by atoms with Gasteiger partial charge in [0.15, 0.2) is 0 Å². The molecular formula is C22H23NOS. The third-order valence-corrected chi connectivity index (χ3v) is 5.17. The second kappa shape index (κ2) is 7.24. The lowest BCUT2D eigenvalue weighted by molar-refractivity contribution is 0.0980. The summed E-state index contributed by atoms with van der Waals surface area (Å²) in [6.07, 6.45) is 0. The van der Waals surface area contributed by atoms with Crippen LogP contribution in [0.5, 0.6) is 0 Å². The van der Waals surface area contributed by atoms with Crippen LogP contribution >= 0.6 is 11.3 Å². The Bertz CT molecular complexity index is 877. The summed E-state index contributed by atoms with van der Waals surface area (Å²) in [7, 11) is 0. The van der Waals surface area contributed by atoms with Gasteiger partial charge in [-0.2, -0.15) is 0 Å². The van der Waals surface area contributed by atoms with E-state index in [0.717, 1.165) is 16.8 Å². The zero-order valence-electron chi connectivity index (χ0n) is 15.1. The van der Waals surface area contributed by atoms with Crippen LogP contribution in [0.25, 0.3) is 10.4 Å². The average molecular weight is 349 g/mol. The number of hydrogen-bond acceptors (Lipinski definition) is 2. The molecule has 1 heterocycles. The van der Waals surface area contributed by atoms with Crippen molar-refractivity contribution in [1.82, 2.24) is 0 Å². The number of anilines is 1. The van der Waals surface area contributed by atoms with Gasteiger partial charge in [0.25, 0.3) is 5.91 Å². The van der Waals surface area contributed by atoms with E-state index in [-0.39, 0.29) is 11.9 Å². The van der Waals surface area contributed by atoms with Crippen LogP contribution in [0.1, 0.15) is 35.3 Å². The lowest BCUT2D eigenvalue weighted by Gasteiger charge is -2.26. The summed E-state index contributed by atoms with van der Waals surface area (Å²) in [5, 5.41) is 2.07. The zero-order valence-corrected chi connectivity index (χ0v) is 15.9. The highest BCUT2D eigenvalue weighted by Crippen LogP contribution is 2.33. The molecule has 0 aliphatic rings. The minimum atomic E-state index is 0.0450. The summed E-state index contributed by atoms with van der Waals surface area (Å²) in [5.41, 5.74) is 5.28. The third-order valence-electron chi connectivity index (χ3n) is 4.20. The van der Waals surface area contributed by atoms with E-state index in [2.05, 4.69) is 56.5 Å². The molecule has 0 N–H and O–H groups in total. The molecule has 3 rings (SSSR count). The molecule has 2 aromatic carbocycles. The van der Waals surface area contributed by atoms with Crippen LogP contribution in [0.4, 0.5) is 5.69 Å². The number of rotatable bonds is 4. The van der Waals surface area contributed by atoms with Gasteiger partial charge in [-0.1, -0.05) is 47.5 Å². The second-order valence-electron chi connectivity index (χ2n) is 6.67. The maximum Gasteiger partial charge on any atom is 0.258 e. The zero-order chi connectivity index (χ0) is 18.0. The van der Waals surface area contributed by atoms with Gasteiger partial charge in [-0.25, -0.2) is 0 Å². The maximum atomic E-state index is 13.0. The number of carbonyl (C=O) groups excluding carboxylic acids is 1. The first-order chi connectivity index (χ1) is 12.0. The molecule has 0 fully saturated rings. The standard InChI is InChI=1S/C22H23NOS/c1-15(2)23(22(24)18-10-8-16(3)9-11-18)20-13-21(25-14-20)19-7-5-6-17(4)12-19/h5-15H,1-4H3. The van der Waals surface area contributed by atoms with Gasteiger partial charge in [-0.15, -0.1) is 11.3 Å². The molecular weight excluding hydrogens is 326 g/mol. The van der Waals surface area contributed by atoms with Gasteiger partial charge in [0.2, 0.25) is 0 Å². The molecule has 0 atom stereocenters. The SMILES string of the molecule is Cc1ccc(C(=O)N(c2csc(-c3cccc(C)c3)c2)C(C)C)cc1. The van der Waals surface area contributed by atoms with Crippen molar-refractivity contribution in [2.45, 2.75) is 33.7 Å². The highest BCUT2D eigenvalue weighted by atomic mass is 32.1. The molecule has 128 valence electrons. The summed E-state index contributed by atoms with van der Waals surface area (Å²) in [5.74, 6) is 0.0450. The van der Waals surface area contributed by atoms with Crippen LogP contribution in [0.15, 0.2) is 60.0 Å². The lowest BCUT2D eigenvalue weighted by atomic mass is 10.1. The van der Waals surface area contributed by atoms with E-state index < -0.39 is 0 Å². The van der Waals surface area contributed by atoms with Crippen molar-refractivity contribution < 1.29 is 4.79 Å². The number of amides is 1. The van der Waals surface area contributed by atoms with Crippen LogP contribution in [-0.2, 0) is 0 Å². The van der Waals surface area contributed by atoms with Crippen LogP contribution in [0.2, 0.25) is 0 Å². The monoisotopic (exact) mass is 349 g/mol. The van der Waals surface area contributed by atoms with Crippen molar-refractivity contribution in [2.24, 2.45) is 0 Å². The van der Waals surface area contributed by atoms with E-state index >= 15 is 0 Å². The number of aryl methyl sites for hydroxylation is 2. The first-order valence-electron chi connectivity index (χ1n) is 8.51. The molecule has 0 spiro atoms. The van der Waals surface area contributed by atoms with E-state index in [4.69, 9.17) is 0 Å². The van der Waals surface area contributed by atoms with Gasteiger partial charge in [0, 0.05) is 21.9 Å². The Morgan fingerprint density at radius 2 is 1.68 bits per heavy atom. The van der Waals surface area contributed by atoms with Crippen molar-refractivity contribution in [3.8, 4) is 10.4 Å². The fourth-order valence-electron chi connectivity index (χ4n) is 2.89. The Morgan fingerprint density at radius 3 is 2.32 bits per heavy atom. The lowest BCUT2D eigenvalue weighted by Crippen LogP contribution is -2.36. The molecule has 3 aromatic rings. The van der Waals surface area contributed by atoms with Gasteiger partial charge < -0.3 is 4.90 Å². The first kappa shape index (κ1) is 17.4. The van der Waals surface area contributed by atoms with Crippen LogP contribution in [0, 0.1) is 13.8 Å². The summed E-state index contributed by atoms with van der Waals surface area (Å²) in [4.78, 5) is 16.1. The quantitative estimate of drug-likeness (QED) is 0.558. The highest BCUT2D eigenvalue weighted by molar-refractivity contribution is 7.14. The van der Waals surface area contributed by atoms with E-state index in [9.17, 15) is 4.79 Å². The largest absolute Gasteiger partial charge is 0.305 e. The van der Waals surface area contributed by atoms with Crippen molar-refractivity contribution in [3.05, 3.63) is 76.7 Å². The number of thiophene rings is 1. The fraction of sp³-hybridized carbons (Fsp3) is 0.227. The van der Waals surface area contributed by atoms with Gasteiger partial charge in [0.05, 0.1) is 5.69 Å². The van der Waals surface area contributed by atoms with Crippen molar-refractivity contribution in [3.63, 3.8) is 0 Å². The molecule has 0 aliphatic carbocycles. The summed E-state index contributed by atoms with van der Waals surface area (Å²) in [6, 6.07) is 18.4. The van der Waals surface area contributed by atoms with Crippen molar-refractivity contribution in [2.75, 3.05) is 4.90 Å². The van der Waals surface area contributed by atoms with Crippen LogP contribution in [0.3, 0.4) is 0 Å². The normalized spacial score (nSPS) is 10.9. The van der Waals surface area contributed by atoms with Crippen molar-refractivity contribution in [1.29, 1.82) is 0 Å². The molecule has 3 heteroatoms. The number of benzene rings is 2. The second-order valence-corrected chi connectivity index (χ2v) is 7.58. The van der Waals surface area contributed by atoms with Gasteiger partial charge in [-0.3, -0.25) is 4.79 Å². The summed E-state index contributed by atoms with van der Waals surface area (Å²) < 4.78 is 0. The van der Waals surface area contributed by atoms with E-state index in [1.54, 1.807) is 11.3 Å². The Kier molecular flexibility index (Phi) is 5.05. The molecule has 2 nitrogen and oxygen atoms in total. The molecule has 1 amide bonds. The number of carbonyl (C=O) groups is 1. The van der Waals surface area contributed by atoms with Gasteiger partial charge >= 0.3 is 0 Å². The Morgan fingerprint density at radius 1 is 0.960 bits per heavy atom. The highest BCUT2D eigenvalue weighted by Gasteiger charge is 2.22. The number of nitrogens with zero attached hydrogens (tertiary/aromatic N) is 1.